The highest BCUT2D eigenvalue weighted by Gasteiger charge is 2.24. The Morgan fingerprint density at radius 1 is 1.00 bits per heavy atom. The average molecular weight is 497 g/mol. The molecule has 34 heavy (non-hydrogen) atoms. The summed E-state index contributed by atoms with van der Waals surface area (Å²) in [6, 6.07) is 16.6. The first-order valence-electron chi connectivity index (χ1n) is 9.55. The molecule has 3 aromatic rings. The van der Waals surface area contributed by atoms with E-state index in [-0.39, 0.29) is 17.4 Å². The quantitative estimate of drug-likeness (QED) is 0.257. The number of thioether (sulfide) groups is 1. The van der Waals surface area contributed by atoms with Gasteiger partial charge in [-0.25, -0.2) is 4.99 Å². The Balaban J connectivity index is 1.57. The molecule has 1 aliphatic rings. The van der Waals surface area contributed by atoms with Gasteiger partial charge in [0.1, 0.15) is 5.75 Å². The van der Waals surface area contributed by atoms with Crippen LogP contribution in [0.4, 0.5) is 17.1 Å². The van der Waals surface area contributed by atoms with Gasteiger partial charge in [-0.05, 0) is 53.7 Å². The van der Waals surface area contributed by atoms with E-state index in [9.17, 15) is 25.0 Å². The van der Waals surface area contributed by atoms with Crippen LogP contribution in [0.25, 0.3) is 6.08 Å². The Labute approximate surface area is 201 Å². The summed E-state index contributed by atoms with van der Waals surface area (Å²) in [5.41, 5.74) is 0.159. The van der Waals surface area contributed by atoms with Crippen molar-refractivity contribution >= 4 is 57.6 Å². The van der Waals surface area contributed by atoms with Crippen LogP contribution in [0.3, 0.4) is 0 Å². The van der Waals surface area contributed by atoms with Crippen LogP contribution in [0, 0.1) is 20.2 Å². The lowest BCUT2D eigenvalue weighted by Gasteiger charge is -2.07. The van der Waals surface area contributed by atoms with Crippen molar-refractivity contribution < 1.29 is 19.4 Å². The maximum Gasteiger partial charge on any atom is 0.318 e. The van der Waals surface area contributed by atoms with E-state index in [0.29, 0.717) is 26.3 Å². The van der Waals surface area contributed by atoms with Crippen molar-refractivity contribution in [3.05, 3.63) is 102 Å². The van der Waals surface area contributed by atoms with E-state index in [1.54, 1.807) is 54.6 Å². The Morgan fingerprint density at radius 3 is 2.53 bits per heavy atom. The number of halogens is 1. The van der Waals surface area contributed by atoms with Gasteiger partial charge in [-0.3, -0.25) is 25.0 Å². The number of ether oxygens (including phenoxy) is 1. The molecule has 170 valence electrons. The number of nitrogens with one attached hydrogen (secondary N) is 1. The summed E-state index contributed by atoms with van der Waals surface area (Å²) < 4.78 is 5.61. The number of rotatable bonds is 6. The Kier molecular flexibility index (Phi) is 6.57. The fourth-order valence-electron chi connectivity index (χ4n) is 2.93. The second kappa shape index (κ2) is 9.73. The number of non-ortho nitro benzene ring substituents is 1. The molecule has 12 heteroatoms. The minimum atomic E-state index is -0.756. The van der Waals surface area contributed by atoms with E-state index in [0.717, 1.165) is 23.9 Å². The van der Waals surface area contributed by atoms with E-state index in [2.05, 4.69) is 10.3 Å². The molecule has 1 aliphatic heterocycles. The SMILES string of the molecule is O=C1NC(=Nc2ccccc2Cl)S/C1=C\c1cccc(Oc2ccc([N+](=O)[O-])cc2[N+](=O)[O-])c1. The molecule has 0 aromatic heterocycles. The van der Waals surface area contributed by atoms with Crippen LogP contribution in [-0.2, 0) is 4.79 Å². The summed E-state index contributed by atoms with van der Waals surface area (Å²) >= 11 is 7.25. The van der Waals surface area contributed by atoms with Crippen molar-refractivity contribution in [1.29, 1.82) is 0 Å². The zero-order valence-electron chi connectivity index (χ0n) is 17.0. The van der Waals surface area contributed by atoms with Crippen molar-refractivity contribution in [3.8, 4) is 11.5 Å². The summed E-state index contributed by atoms with van der Waals surface area (Å²) in [5, 5.41) is 25.7. The van der Waals surface area contributed by atoms with Gasteiger partial charge in [0.05, 0.1) is 31.5 Å². The highest BCUT2D eigenvalue weighted by Crippen LogP contribution is 2.35. The highest BCUT2D eigenvalue weighted by molar-refractivity contribution is 8.18. The maximum absolute atomic E-state index is 12.4. The van der Waals surface area contributed by atoms with Gasteiger partial charge < -0.3 is 10.1 Å². The van der Waals surface area contributed by atoms with Gasteiger partial charge in [0.15, 0.2) is 5.17 Å². The third kappa shape index (κ3) is 5.22. The summed E-state index contributed by atoms with van der Waals surface area (Å²) in [6.45, 7) is 0. The molecule has 0 bridgehead atoms. The lowest BCUT2D eigenvalue weighted by atomic mass is 10.2. The number of nitrogens with zero attached hydrogens (tertiary/aromatic N) is 3. The number of amidine groups is 1. The van der Waals surface area contributed by atoms with E-state index in [1.807, 2.05) is 0 Å². The van der Waals surface area contributed by atoms with Gasteiger partial charge >= 0.3 is 5.69 Å². The number of carbonyl (C=O) groups is 1. The van der Waals surface area contributed by atoms with Crippen LogP contribution in [0.5, 0.6) is 11.5 Å². The lowest BCUT2D eigenvalue weighted by molar-refractivity contribution is -0.394. The predicted molar refractivity (Wildman–Crippen MR) is 129 cm³/mol. The Bertz CT molecular complexity index is 1390. The molecule has 10 nitrogen and oxygen atoms in total. The molecule has 1 amide bonds. The number of carbonyl (C=O) groups excluding carboxylic acids is 1. The smallest absolute Gasteiger partial charge is 0.318 e. The van der Waals surface area contributed by atoms with Crippen molar-refractivity contribution in [2.75, 3.05) is 0 Å². The molecule has 0 radical (unpaired) electrons. The van der Waals surface area contributed by atoms with Gasteiger partial charge in [-0.15, -0.1) is 0 Å². The number of benzene rings is 3. The molecular weight excluding hydrogens is 484 g/mol. The van der Waals surface area contributed by atoms with Crippen LogP contribution < -0.4 is 10.1 Å². The van der Waals surface area contributed by atoms with E-state index >= 15 is 0 Å². The van der Waals surface area contributed by atoms with Crippen molar-refractivity contribution in [2.45, 2.75) is 0 Å². The first-order valence-corrected chi connectivity index (χ1v) is 10.7. The van der Waals surface area contributed by atoms with Crippen molar-refractivity contribution in [3.63, 3.8) is 0 Å². The number of hydrogen-bond donors (Lipinski definition) is 1. The normalized spacial score (nSPS) is 15.4. The first-order chi connectivity index (χ1) is 16.3. The topological polar surface area (TPSA) is 137 Å². The lowest BCUT2D eigenvalue weighted by Crippen LogP contribution is -2.19. The summed E-state index contributed by atoms with van der Waals surface area (Å²) in [7, 11) is 0. The van der Waals surface area contributed by atoms with Crippen LogP contribution in [0.2, 0.25) is 5.02 Å². The summed E-state index contributed by atoms with van der Waals surface area (Å²) in [6.07, 6.45) is 1.62. The fourth-order valence-corrected chi connectivity index (χ4v) is 3.94. The number of aliphatic imine (C=N–C) groups is 1. The first kappa shape index (κ1) is 23.0. The van der Waals surface area contributed by atoms with Crippen LogP contribution in [0.1, 0.15) is 5.56 Å². The van der Waals surface area contributed by atoms with Gasteiger partial charge in [0.25, 0.3) is 11.6 Å². The third-order valence-corrected chi connectivity index (χ3v) is 5.69. The largest absolute Gasteiger partial charge is 0.450 e. The predicted octanol–water partition coefficient (Wildman–Crippen LogP) is 5.84. The maximum atomic E-state index is 12.4. The molecular formula is C22H13ClN4O6S. The Morgan fingerprint density at radius 2 is 1.79 bits per heavy atom. The number of nitro groups is 2. The highest BCUT2D eigenvalue weighted by atomic mass is 35.5. The molecule has 3 aromatic carbocycles. The zero-order chi connectivity index (χ0) is 24.2. The molecule has 0 saturated carbocycles. The second-order valence-electron chi connectivity index (χ2n) is 6.77. The average Bonchev–Trinajstić information content (AvgIpc) is 3.14. The third-order valence-electron chi connectivity index (χ3n) is 4.46. The standard InChI is InChI=1S/C22H13ClN4O6S/c23-16-6-1-2-7-17(16)24-22-25-21(28)20(34-22)11-13-4-3-5-15(10-13)33-19-9-8-14(26(29)30)12-18(19)27(31)32/h1-12H,(H,24,25,28)/b20-11-. The summed E-state index contributed by atoms with van der Waals surface area (Å²) in [4.78, 5) is 37.9. The molecule has 1 N–H and O–H groups in total. The van der Waals surface area contributed by atoms with Gasteiger partial charge in [0.2, 0.25) is 5.75 Å². The van der Waals surface area contributed by atoms with E-state index in [1.165, 1.54) is 6.07 Å². The molecule has 0 unspecified atom stereocenters. The van der Waals surface area contributed by atoms with Gasteiger partial charge in [-0.1, -0.05) is 35.9 Å². The van der Waals surface area contributed by atoms with Gasteiger partial charge in [-0.2, -0.15) is 0 Å². The van der Waals surface area contributed by atoms with E-state index < -0.39 is 21.2 Å². The van der Waals surface area contributed by atoms with Gasteiger partial charge in [0, 0.05) is 6.07 Å². The number of amides is 1. The molecule has 4 rings (SSSR count). The van der Waals surface area contributed by atoms with Crippen LogP contribution in [-0.4, -0.2) is 20.9 Å². The monoisotopic (exact) mass is 496 g/mol. The number of hydrogen-bond acceptors (Lipinski definition) is 8. The number of para-hydroxylation sites is 1. The van der Waals surface area contributed by atoms with Crippen LogP contribution >= 0.6 is 23.4 Å². The zero-order valence-corrected chi connectivity index (χ0v) is 18.6. The fraction of sp³-hybridized carbons (Fsp3) is 0. The molecule has 0 atom stereocenters. The van der Waals surface area contributed by atoms with Crippen LogP contribution in [0.15, 0.2) is 76.6 Å². The van der Waals surface area contributed by atoms with Crippen molar-refractivity contribution in [1.82, 2.24) is 5.32 Å². The molecule has 1 fully saturated rings. The molecule has 0 aliphatic carbocycles. The summed E-state index contributed by atoms with van der Waals surface area (Å²) in [5.74, 6) is -0.240. The van der Waals surface area contributed by atoms with E-state index in [4.69, 9.17) is 16.3 Å². The Hall–Kier alpha value is -4.22. The minimum absolute atomic E-state index is 0.150. The number of nitro benzene ring substituents is 2. The van der Waals surface area contributed by atoms with Crippen molar-refractivity contribution in [2.24, 2.45) is 4.99 Å². The second-order valence-corrected chi connectivity index (χ2v) is 8.21. The molecule has 1 heterocycles. The molecule has 1 saturated heterocycles. The molecule has 0 spiro atoms. The minimum Gasteiger partial charge on any atom is -0.450 e.